The first-order valence-electron chi connectivity index (χ1n) is 10.7. The van der Waals surface area contributed by atoms with Gasteiger partial charge in [0.2, 0.25) is 0 Å². The Balaban J connectivity index is 0.00000289. The molecule has 4 rings (SSSR count). The number of pyridine rings is 1. The molecule has 0 radical (unpaired) electrons. The molecule has 1 saturated heterocycles. The summed E-state index contributed by atoms with van der Waals surface area (Å²) in [6, 6.07) is 10.5. The van der Waals surface area contributed by atoms with Gasteiger partial charge < -0.3 is 10.6 Å². The Labute approximate surface area is 209 Å². The highest BCUT2D eigenvalue weighted by atomic mass is 127. The van der Waals surface area contributed by atoms with Crippen LogP contribution in [0.5, 0.6) is 0 Å². The molecule has 7 nitrogen and oxygen atoms in total. The van der Waals surface area contributed by atoms with Crippen molar-refractivity contribution in [2.75, 3.05) is 26.2 Å². The van der Waals surface area contributed by atoms with Crippen molar-refractivity contribution in [3.05, 3.63) is 64.8 Å². The lowest BCUT2D eigenvalue weighted by Crippen LogP contribution is -2.43. The van der Waals surface area contributed by atoms with Crippen molar-refractivity contribution in [3.8, 4) is 0 Å². The van der Waals surface area contributed by atoms with E-state index >= 15 is 0 Å². The highest BCUT2D eigenvalue weighted by Gasteiger charge is 2.27. The van der Waals surface area contributed by atoms with E-state index in [4.69, 9.17) is 11.6 Å². The number of hydrogen-bond acceptors (Lipinski definition) is 4. The molecule has 1 fully saturated rings. The zero-order valence-corrected chi connectivity index (χ0v) is 21.1. The maximum Gasteiger partial charge on any atom is 0.191 e. The second-order valence-electron chi connectivity index (χ2n) is 7.52. The Morgan fingerprint density at radius 1 is 1.16 bits per heavy atom. The number of nitrogens with zero attached hydrogens (tertiary/aromatic N) is 5. The minimum atomic E-state index is -0.275. The first-order chi connectivity index (χ1) is 15.2. The number of benzene rings is 1. The van der Waals surface area contributed by atoms with Crippen molar-refractivity contribution in [3.63, 3.8) is 0 Å². The number of hydrogen-bond donors (Lipinski definition) is 2. The minimum Gasteiger partial charge on any atom is -0.357 e. The maximum absolute atomic E-state index is 14.7. The van der Waals surface area contributed by atoms with Gasteiger partial charge in [0.1, 0.15) is 12.4 Å². The Bertz CT molecular complexity index is 1030. The average Bonchev–Trinajstić information content (AvgIpc) is 3.44. The van der Waals surface area contributed by atoms with Crippen LogP contribution in [0.25, 0.3) is 5.65 Å². The van der Waals surface area contributed by atoms with Crippen LogP contribution in [-0.2, 0) is 6.54 Å². The van der Waals surface area contributed by atoms with Crippen molar-refractivity contribution < 1.29 is 4.39 Å². The second-order valence-corrected chi connectivity index (χ2v) is 7.92. The van der Waals surface area contributed by atoms with Crippen LogP contribution >= 0.6 is 35.6 Å². The summed E-state index contributed by atoms with van der Waals surface area (Å²) in [6.07, 6.45) is 4.14. The molecule has 0 saturated carbocycles. The van der Waals surface area contributed by atoms with Gasteiger partial charge in [-0.3, -0.25) is 9.30 Å². The third-order valence-corrected chi connectivity index (χ3v) is 5.81. The van der Waals surface area contributed by atoms with Crippen LogP contribution in [0.2, 0.25) is 5.02 Å². The predicted octanol–water partition coefficient (Wildman–Crippen LogP) is 4.03. The summed E-state index contributed by atoms with van der Waals surface area (Å²) in [4.78, 5) is 6.95. The Morgan fingerprint density at radius 3 is 2.72 bits per heavy atom. The quantitative estimate of drug-likeness (QED) is 0.255. The monoisotopic (exact) mass is 571 g/mol. The average molecular weight is 572 g/mol. The standard InChI is InChI=1S/C22H27ClFN7.HI/c1-2-25-22(27-15-20-29-28-19-10-3-4-13-31(19)20)26-14-18(30-11-5-6-12-30)21-16(23)8-7-9-17(21)24;/h3-4,7-10,13,18H,2,5-6,11-12,14-15H2,1H3,(H2,25,26,27);1H. The van der Waals surface area contributed by atoms with E-state index in [-0.39, 0.29) is 35.8 Å². The normalized spacial score (nSPS) is 15.5. The molecule has 172 valence electrons. The number of rotatable bonds is 7. The smallest absolute Gasteiger partial charge is 0.191 e. The lowest BCUT2D eigenvalue weighted by molar-refractivity contribution is 0.240. The molecule has 3 aromatic rings. The highest BCUT2D eigenvalue weighted by Crippen LogP contribution is 2.31. The number of halogens is 3. The fourth-order valence-corrected chi connectivity index (χ4v) is 4.27. The van der Waals surface area contributed by atoms with E-state index in [0.717, 1.165) is 37.4 Å². The highest BCUT2D eigenvalue weighted by molar-refractivity contribution is 14.0. The topological polar surface area (TPSA) is 69.8 Å². The first kappa shape index (κ1) is 24.7. The molecule has 0 amide bonds. The van der Waals surface area contributed by atoms with Crippen molar-refractivity contribution in [1.29, 1.82) is 0 Å². The molecule has 0 bridgehead atoms. The van der Waals surface area contributed by atoms with Crippen LogP contribution in [0.1, 0.15) is 37.2 Å². The molecule has 1 atom stereocenters. The van der Waals surface area contributed by atoms with Crippen LogP contribution in [0.15, 0.2) is 47.6 Å². The van der Waals surface area contributed by atoms with Crippen LogP contribution in [0, 0.1) is 5.82 Å². The third-order valence-electron chi connectivity index (χ3n) is 5.48. The van der Waals surface area contributed by atoms with Gasteiger partial charge in [-0.05, 0) is 57.1 Å². The van der Waals surface area contributed by atoms with Gasteiger partial charge in [-0.15, -0.1) is 34.2 Å². The molecule has 3 heterocycles. The van der Waals surface area contributed by atoms with Crippen molar-refractivity contribution in [2.45, 2.75) is 32.4 Å². The Morgan fingerprint density at radius 2 is 1.97 bits per heavy atom. The van der Waals surface area contributed by atoms with E-state index in [1.165, 1.54) is 6.07 Å². The van der Waals surface area contributed by atoms with Gasteiger partial charge in [-0.25, -0.2) is 9.38 Å². The molecule has 32 heavy (non-hydrogen) atoms. The van der Waals surface area contributed by atoms with Crippen LogP contribution < -0.4 is 10.6 Å². The second kappa shape index (κ2) is 11.8. The lowest BCUT2D eigenvalue weighted by Gasteiger charge is -2.29. The molecule has 10 heteroatoms. The van der Waals surface area contributed by atoms with Gasteiger partial charge >= 0.3 is 0 Å². The first-order valence-corrected chi connectivity index (χ1v) is 11.0. The summed E-state index contributed by atoms with van der Waals surface area (Å²) >= 11 is 6.41. The molecule has 0 spiro atoms. The number of fused-ring (bicyclic) bond motifs is 1. The number of aliphatic imine (C=N–C) groups is 1. The van der Waals surface area contributed by atoms with Gasteiger partial charge in [0.05, 0.1) is 6.04 Å². The molecule has 0 aliphatic carbocycles. The van der Waals surface area contributed by atoms with E-state index in [2.05, 4.69) is 30.7 Å². The van der Waals surface area contributed by atoms with E-state index < -0.39 is 0 Å². The van der Waals surface area contributed by atoms with Gasteiger partial charge in [0.15, 0.2) is 17.4 Å². The van der Waals surface area contributed by atoms with E-state index in [0.29, 0.717) is 36.2 Å². The maximum atomic E-state index is 14.7. The molecule has 1 aromatic carbocycles. The minimum absolute atomic E-state index is 0. The molecule has 1 unspecified atom stereocenters. The SMILES string of the molecule is CCNC(=NCc1nnc2ccccn12)NCC(c1c(F)cccc1Cl)N1CCCC1.I. The zero-order valence-electron chi connectivity index (χ0n) is 18.0. The molecular formula is C22H28ClFIN7. The number of guanidine groups is 1. The number of aromatic nitrogens is 3. The van der Waals surface area contributed by atoms with Crippen molar-refractivity contribution in [2.24, 2.45) is 4.99 Å². The van der Waals surface area contributed by atoms with Gasteiger partial charge in [-0.2, -0.15) is 0 Å². The summed E-state index contributed by atoms with van der Waals surface area (Å²) in [5.41, 5.74) is 1.33. The fraction of sp³-hybridized carbons (Fsp3) is 0.409. The van der Waals surface area contributed by atoms with Gasteiger partial charge in [0.25, 0.3) is 0 Å². The van der Waals surface area contributed by atoms with E-state index in [9.17, 15) is 4.39 Å². The largest absolute Gasteiger partial charge is 0.357 e. The van der Waals surface area contributed by atoms with E-state index in [1.54, 1.807) is 12.1 Å². The van der Waals surface area contributed by atoms with Crippen LogP contribution in [0.3, 0.4) is 0 Å². The van der Waals surface area contributed by atoms with Crippen LogP contribution in [-0.4, -0.2) is 51.6 Å². The fourth-order valence-electron chi connectivity index (χ4n) is 3.98. The Kier molecular flexibility index (Phi) is 9.06. The zero-order chi connectivity index (χ0) is 21.6. The van der Waals surface area contributed by atoms with Crippen LogP contribution in [0.4, 0.5) is 4.39 Å². The summed E-state index contributed by atoms with van der Waals surface area (Å²) in [6.45, 7) is 5.44. The van der Waals surface area contributed by atoms with Crippen molar-refractivity contribution >= 4 is 47.2 Å². The summed E-state index contributed by atoms with van der Waals surface area (Å²) in [5, 5.41) is 15.5. The lowest BCUT2D eigenvalue weighted by atomic mass is 10.0. The van der Waals surface area contributed by atoms with E-state index in [1.807, 2.05) is 35.7 Å². The van der Waals surface area contributed by atoms with Gasteiger partial charge in [-0.1, -0.05) is 23.7 Å². The van der Waals surface area contributed by atoms with Crippen molar-refractivity contribution in [1.82, 2.24) is 30.1 Å². The number of likely N-dealkylation sites (tertiary alicyclic amines) is 1. The summed E-state index contributed by atoms with van der Waals surface area (Å²) < 4.78 is 16.6. The third kappa shape index (κ3) is 5.68. The molecule has 2 aromatic heterocycles. The molecule has 1 aliphatic heterocycles. The molecule has 1 aliphatic rings. The predicted molar refractivity (Wildman–Crippen MR) is 136 cm³/mol. The Hall–Kier alpha value is -1.98. The number of nitrogens with one attached hydrogen (secondary N) is 2. The molecular weight excluding hydrogens is 544 g/mol. The summed E-state index contributed by atoms with van der Waals surface area (Å²) in [5.74, 6) is 1.12. The molecule has 2 N–H and O–H groups in total. The summed E-state index contributed by atoms with van der Waals surface area (Å²) in [7, 11) is 0. The van der Waals surface area contributed by atoms with Gasteiger partial charge in [0, 0.05) is 29.9 Å².